The maximum absolute atomic E-state index is 13.2. The predicted molar refractivity (Wildman–Crippen MR) is 77.8 cm³/mol. The van der Waals surface area contributed by atoms with Gasteiger partial charge in [-0.3, -0.25) is 9.78 Å². The Labute approximate surface area is 135 Å². The average molecular weight is 340 g/mol. The molecule has 9 heteroatoms. The lowest BCUT2D eigenvalue weighted by Gasteiger charge is -2.38. The molecule has 0 spiro atoms. The van der Waals surface area contributed by atoms with Crippen molar-refractivity contribution < 1.29 is 22.4 Å². The van der Waals surface area contributed by atoms with E-state index >= 15 is 0 Å². The Kier molecular flexibility index (Phi) is 4.27. The van der Waals surface area contributed by atoms with Crippen LogP contribution in [0, 0.1) is 0 Å². The molecule has 0 aromatic carbocycles. The minimum Gasteiger partial charge on any atom is -0.444 e. The second kappa shape index (κ2) is 6.23. The van der Waals surface area contributed by atoms with Crippen molar-refractivity contribution in [3.63, 3.8) is 0 Å². The van der Waals surface area contributed by atoms with Crippen molar-refractivity contribution in [2.24, 2.45) is 5.73 Å². The summed E-state index contributed by atoms with van der Waals surface area (Å²) in [5, 5.41) is 0. The highest BCUT2D eigenvalue weighted by Crippen LogP contribution is 2.32. The molecule has 2 aromatic heterocycles. The first-order chi connectivity index (χ1) is 11.4. The van der Waals surface area contributed by atoms with Crippen LogP contribution in [0.25, 0.3) is 11.5 Å². The standard InChI is InChI=1S/C15H15F3N4O2/c16-15(17,18)12-4-3-10(19)7-22(12)14(23)11-8-24-13(21-11)9-2-1-5-20-6-9/h1-2,5-6,8,10,12H,3-4,7,19H2/t10-,12-/m1/s1. The Balaban J connectivity index is 1.86. The van der Waals surface area contributed by atoms with E-state index in [1.165, 1.54) is 6.20 Å². The lowest BCUT2D eigenvalue weighted by molar-refractivity contribution is -0.184. The number of nitrogens with two attached hydrogens (primary N) is 1. The van der Waals surface area contributed by atoms with Gasteiger partial charge >= 0.3 is 6.18 Å². The number of hydrogen-bond donors (Lipinski definition) is 1. The maximum Gasteiger partial charge on any atom is 0.408 e. The topological polar surface area (TPSA) is 85.2 Å². The Morgan fingerprint density at radius 3 is 2.83 bits per heavy atom. The molecule has 2 atom stereocenters. The van der Waals surface area contributed by atoms with Gasteiger partial charge in [-0.2, -0.15) is 13.2 Å². The molecule has 2 N–H and O–H groups in total. The molecule has 0 aliphatic carbocycles. The Morgan fingerprint density at radius 1 is 1.38 bits per heavy atom. The summed E-state index contributed by atoms with van der Waals surface area (Å²) in [6.07, 6.45) is -0.418. The van der Waals surface area contributed by atoms with Gasteiger partial charge in [-0.1, -0.05) is 0 Å². The van der Waals surface area contributed by atoms with Crippen LogP contribution >= 0.6 is 0 Å². The van der Waals surface area contributed by atoms with Crippen LogP contribution in [0.15, 0.2) is 35.2 Å². The Morgan fingerprint density at radius 2 is 2.17 bits per heavy atom. The molecule has 1 aliphatic heterocycles. The van der Waals surface area contributed by atoms with Crippen molar-refractivity contribution in [2.45, 2.75) is 31.1 Å². The van der Waals surface area contributed by atoms with E-state index in [2.05, 4.69) is 9.97 Å². The summed E-state index contributed by atoms with van der Waals surface area (Å²) in [4.78, 5) is 21.1. The van der Waals surface area contributed by atoms with Crippen LogP contribution in [0.5, 0.6) is 0 Å². The summed E-state index contributed by atoms with van der Waals surface area (Å²) in [5.41, 5.74) is 6.07. The number of likely N-dealkylation sites (tertiary alicyclic amines) is 1. The SMILES string of the molecule is N[C@@H]1CC[C@H](C(F)(F)F)N(C(=O)c2coc(-c3cccnc3)n2)C1. The molecular weight excluding hydrogens is 325 g/mol. The third-order valence-corrected chi connectivity index (χ3v) is 3.89. The highest BCUT2D eigenvalue weighted by atomic mass is 19.4. The van der Waals surface area contributed by atoms with Gasteiger partial charge < -0.3 is 15.1 Å². The van der Waals surface area contributed by atoms with E-state index in [4.69, 9.17) is 10.2 Å². The third-order valence-electron chi connectivity index (χ3n) is 3.89. The number of carbonyl (C=O) groups excluding carboxylic acids is 1. The molecule has 128 valence electrons. The quantitative estimate of drug-likeness (QED) is 0.906. The molecule has 6 nitrogen and oxygen atoms in total. The minimum atomic E-state index is -4.51. The van der Waals surface area contributed by atoms with Crippen LogP contribution < -0.4 is 5.73 Å². The number of halogens is 3. The normalized spacial score (nSPS) is 21.8. The molecule has 0 unspecified atom stereocenters. The Bertz CT molecular complexity index is 717. The monoisotopic (exact) mass is 340 g/mol. The summed E-state index contributed by atoms with van der Waals surface area (Å²) >= 11 is 0. The second-order valence-electron chi connectivity index (χ2n) is 5.63. The lowest BCUT2D eigenvalue weighted by Crippen LogP contribution is -2.56. The smallest absolute Gasteiger partial charge is 0.408 e. The summed E-state index contributed by atoms with van der Waals surface area (Å²) in [7, 11) is 0. The van der Waals surface area contributed by atoms with Crippen LogP contribution in [-0.2, 0) is 0 Å². The van der Waals surface area contributed by atoms with Gasteiger partial charge in [0.25, 0.3) is 5.91 Å². The molecule has 0 radical (unpaired) electrons. The first-order valence-electron chi connectivity index (χ1n) is 7.35. The van der Waals surface area contributed by atoms with Gasteiger partial charge in [0.1, 0.15) is 12.3 Å². The summed E-state index contributed by atoms with van der Waals surface area (Å²) in [6.45, 7) is -0.169. The van der Waals surface area contributed by atoms with Gasteiger partial charge in [0.05, 0.1) is 5.56 Å². The number of amides is 1. The van der Waals surface area contributed by atoms with E-state index in [0.717, 1.165) is 11.2 Å². The number of alkyl halides is 3. The van der Waals surface area contributed by atoms with Crippen molar-refractivity contribution >= 4 is 5.91 Å². The number of hydrogen-bond acceptors (Lipinski definition) is 5. The fourth-order valence-corrected chi connectivity index (χ4v) is 2.70. The number of oxazole rings is 1. The van der Waals surface area contributed by atoms with Crippen molar-refractivity contribution in [1.29, 1.82) is 0 Å². The van der Waals surface area contributed by atoms with Gasteiger partial charge in [-0.15, -0.1) is 0 Å². The molecule has 3 rings (SSSR count). The van der Waals surface area contributed by atoms with Gasteiger partial charge in [-0.05, 0) is 25.0 Å². The molecule has 1 saturated heterocycles. The van der Waals surface area contributed by atoms with Crippen LogP contribution in [0.3, 0.4) is 0 Å². The largest absolute Gasteiger partial charge is 0.444 e. The molecule has 0 bridgehead atoms. The molecule has 2 aromatic rings. The van der Waals surface area contributed by atoms with Gasteiger partial charge in [0, 0.05) is 25.0 Å². The molecule has 0 saturated carbocycles. The fourth-order valence-electron chi connectivity index (χ4n) is 2.70. The zero-order chi connectivity index (χ0) is 17.3. The van der Waals surface area contributed by atoms with E-state index in [-0.39, 0.29) is 31.0 Å². The maximum atomic E-state index is 13.2. The molecule has 3 heterocycles. The predicted octanol–water partition coefficient (Wildman–Crippen LogP) is 2.23. The van der Waals surface area contributed by atoms with E-state index in [1.54, 1.807) is 18.3 Å². The zero-order valence-electron chi connectivity index (χ0n) is 12.5. The second-order valence-corrected chi connectivity index (χ2v) is 5.63. The number of pyridine rings is 1. The van der Waals surface area contributed by atoms with Crippen LogP contribution in [0.2, 0.25) is 0 Å². The Hall–Kier alpha value is -2.42. The summed E-state index contributed by atoms with van der Waals surface area (Å²) in [6, 6.07) is 0.979. The van der Waals surface area contributed by atoms with E-state index < -0.39 is 24.2 Å². The number of aromatic nitrogens is 2. The van der Waals surface area contributed by atoms with Crippen LogP contribution in [0.4, 0.5) is 13.2 Å². The number of carbonyl (C=O) groups is 1. The average Bonchev–Trinajstić information content (AvgIpc) is 3.03. The first-order valence-corrected chi connectivity index (χ1v) is 7.35. The van der Waals surface area contributed by atoms with E-state index in [0.29, 0.717) is 5.56 Å². The van der Waals surface area contributed by atoms with Gasteiger partial charge in [0.15, 0.2) is 5.69 Å². The number of piperidine rings is 1. The van der Waals surface area contributed by atoms with Crippen molar-refractivity contribution in [3.8, 4) is 11.5 Å². The number of rotatable bonds is 2. The minimum absolute atomic E-state index is 0.122. The highest BCUT2D eigenvalue weighted by Gasteiger charge is 2.48. The molecule has 1 amide bonds. The van der Waals surface area contributed by atoms with Crippen molar-refractivity contribution in [3.05, 3.63) is 36.5 Å². The molecule has 1 fully saturated rings. The first kappa shape index (κ1) is 16.4. The molecular formula is C15H15F3N4O2. The summed E-state index contributed by atoms with van der Waals surface area (Å²) in [5.74, 6) is -0.720. The van der Waals surface area contributed by atoms with Crippen molar-refractivity contribution in [1.82, 2.24) is 14.9 Å². The fraction of sp³-hybridized carbons (Fsp3) is 0.400. The van der Waals surface area contributed by atoms with E-state index in [1.807, 2.05) is 0 Å². The number of nitrogens with zero attached hydrogens (tertiary/aromatic N) is 3. The van der Waals surface area contributed by atoms with Crippen molar-refractivity contribution in [2.75, 3.05) is 6.54 Å². The van der Waals surface area contributed by atoms with E-state index in [9.17, 15) is 18.0 Å². The third kappa shape index (κ3) is 3.25. The zero-order valence-corrected chi connectivity index (χ0v) is 12.5. The van der Waals surface area contributed by atoms with Crippen LogP contribution in [-0.4, -0.2) is 45.6 Å². The summed E-state index contributed by atoms with van der Waals surface area (Å²) < 4.78 is 44.7. The molecule has 24 heavy (non-hydrogen) atoms. The molecule has 1 aliphatic rings. The lowest BCUT2D eigenvalue weighted by atomic mass is 9.98. The van der Waals surface area contributed by atoms with Gasteiger partial charge in [-0.25, -0.2) is 4.98 Å². The van der Waals surface area contributed by atoms with Gasteiger partial charge in [0.2, 0.25) is 5.89 Å². The van der Waals surface area contributed by atoms with Crippen LogP contribution in [0.1, 0.15) is 23.3 Å². The highest BCUT2D eigenvalue weighted by molar-refractivity contribution is 5.92.